The van der Waals surface area contributed by atoms with Gasteiger partial charge < -0.3 is 11.1 Å². The molecule has 0 bridgehead atoms. The lowest BCUT2D eigenvalue weighted by molar-refractivity contribution is -0.136. The van der Waals surface area contributed by atoms with Gasteiger partial charge in [-0.1, -0.05) is 30.3 Å². The molecule has 0 radical (unpaired) electrons. The zero-order chi connectivity index (χ0) is 15.0. The Balaban J connectivity index is 1.78. The van der Waals surface area contributed by atoms with Crippen molar-refractivity contribution in [3.05, 3.63) is 59.7 Å². The minimum Gasteiger partial charge on any atom is -0.399 e. The van der Waals surface area contributed by atoms with Crippen LogP contribution >= 0.6 is 0 Å². The second-order valence-corrected chi connectivity index (χ2v) is 5.31. The Hall–Kier alpha value is -2.17. The first-order valence-electron chi connectivity index (χ1n) is 6.73. The Morgan fingerprint density at radius 1 is 1.05 bits per heavy atom. The van der Waals surface area contributed by atoms with E-state index in [9.17, 15) is 13.2 Å². The molecule has 2 nitrogen and oxygen atoms in total. The molecule has 0 spiro atoms. The third-order valence-corrected chi connectivity index (χ3v) is 3.71. The average Bonchev–Trinajstić information content (AvgIpc) is 3.20. The first kappa shape index (κ1) is 13.8. The maximum absolute atomic E-state index is 13.0. The number of nitrogens with two attached hydrogens (primary N) is 1. The first-order valence-corrected chi connectivity index (χ1v) is 6.73. The Bertz CT molecular complexity index is 638. The number of nitrogens with one attached hydrogen (secondary N) is 1. The minimum atomic E-state index is -4.41. The molecule has 2 aromatic carbocycles. The van der Waals surface area contributed by atoms with Crippen LogP contribution in [-0.4, -0.2) is 6.04 Å². The summed E-state index contributed by atoms with van der Waals surface area (Å²) in [5, 5.41) is 2.99. The molecule has 0 aromatic heterocycles. The molecule has 1 saturated carbocycles. The van der Waals surface area contributed by atoms with Crippen LogP contribution in [0.15, 0.2) is 48.5 Å². The van der Waals surface area contributed by atoms with E-state index in [1.54, 1.807) is 0 Å². The molecule has 1 aliphatic carbocycles. The third-order valence-electron chi connectivity index (χ3n) is 3.71. The van der Waals surface area contributed by atoms with E-state index in [4.69, 9.17) is 5.73 Å². The van der Waals surface area contributed by atoms with Crippen molar-refractivity contribution >= 4 is 11.4 Å². The molecule has 0 amide bonds. The lowest BCUT2D eigenvalue weighted by Crippen LogP contribution is -2.13. The number of rotatable bonds is 3. The van der Waals surface area contributed by atoms with Crippen LogP contribution in [0.25, 0.3) is 0 Å². The summed E-state index contributed by atoms with van der Waals surface area (Å²) < 4.78 is 39.1. The number of hydrogen-bond acceptors (Lipinski definition) is 2. The number of nitrogen functional groups attached to an aromatic ring is 1. The van der Waals surface area contributed by atoms with E-state index in [0.29, 0.717) is 0 Å². The minimum absolute atomic E-state index is 0.0390. The molecule has 3 N–H and O–H groups in total. The number of alkyl halides is 3. The molecule has 0 aliphatic heterocycles. The molecule has 1 aliphatic rings. The quantitative estimate of drug-likeness (QED) is 0.830. The zero-order valence-corrected chi connectivity index (χ0v) is 11.2. The molecular formula is C16H15F3N2. The van der Waals surface area contributed by atoms with Crippen molar-refractivity contribution in [3.8, 4) is 0 Å². The smallest absolute Gasteiger partial charge is 0.399 e. The van der Waals surface area contributed by atoms with Crippen molar-refractivity contribution in [3.63, 3.8) is 0 Å². The molecular weight excluding hydrogens is 277 g/mol. The van der Waals surface area contributed by atoms with E-state index in [0.717, 1.165) is 18.1 Å². The third kappa shape index (κ3) is 2.96. The Kier molecular flexibility index (Phi) is 3.27. The van der Waals surface area contributed by atoms with Gasteiger partial charge in [-0.3, -0.25) is 0 Å². The lowest BCUT2D eigenvalue weighted by atomic mass is 10.1. The Morgan fingerprint density at radius 3 is 2.43 bits per heavy atom. The fraction of sp³-hybridized carbons (Fsp3) is 0.250. The van der Waals surface area contributed by atoms with Crippen molar-refractivity contribution < 1.29 is 13.2 Å². The van der Waals surface area contributed by atoms with Gasteiger partial charge in [0.25, 0.3) is 0 Å². The standard InChI is InChI=1S/C16H15F3N2/c17-16(18,19)13-8-11(20)6-7-14(13)21-15-9-12(15)10-4-2-1-3-5-10/h1-8,12,15,21H,9,20H2. The van der Waals surface area contributed by atoms with Crippen LogP contribution in [0.4, 0.5) is 24.5 Å². The summed E-state index contributed by atoms with van der Waals surface area (Å²) in [5.41, 5.74) is 6.12. The molecule has 2 atom stereocenters. The van der Waals surface area contributed by atoms with E-state index in [1.807, 2.05) is 30.3 Å². The van der Waals surface area contributed by atoms with Crippen molar-refractivity contribution in [1.82, 2.24) is 0 Å². The molecule has 2 aromatic rings. The normalized spacial score (nSPS) is 21.1. The summed E-state index contributed by atoms with van der Waals surface area (Å²) >= 11 is 0. The Labute approximate surface area is 120 Å². The first-order chi connectivity index (χ1) is 9.95. The molecule has 110 valence electrons. The van der Waals surface area contributed by atoms with Crippen molar-refractivity contribution in [2.75, 3.05) is 11.1 Å². The van der Waals surface area contributed by atoms with Crippen LogP contribution < -0.4 is 11.1 Å². The molecule has 1 fully saturated rings. The van der Waals surface area contributed by atoms with Gasteiger partial charge in [0.05, 0.1) is 5.56 Å². The molecule has 2 unspecified atom stereocenters. The monoisotopic (exact) mass is 292 g/mol. The molecule has 21 heavy (non-hydrogen) atoms. The molecule has 3 rings (SSSR count). The van der Waals surface area contributed by atoms with E-state index in [1.165, 1.54) is 12.1 Å². The van der Waals surface area contributed by atoms with Gasteiger partial charge in [-0.15, -0.1) is 0 Å². The van der Waals surface area contributed by atoms with Crippen LogP contribution in [0.2, 0.25) is 0 Å². The molecule has 5 heteroatoms. The summed E-state index contributed by atoms with van der Waals surface area (Å²) in [6, 6.07) is 13.7. The largest absolute Gasteiger partial charge is 0.418 e. The maximum atomic E-state index is 13.0. The number of hydrogen-bond donors (Lipinski definition) is 2. The highest BCUT2D eigenvalue weighted by Gasteiger charge is 2.40. The van der Waals surface area contributed by atoms with Gasteiger partial charge in [0.2, 0.25) is 0 Å². The summed E-state index contributed by atoms with van der Waals surface area (Å²) in [6.45, 7) is 0. The number of anilines is 2. The highest BCUT2D eigenvalue weighted by Crippen LogP contribution is 2.45. The second-order valence-electron chi connectivity index (χ2n) is 5.31. The van der Waals surface area contributed by atoms with Gasteiger partial charge in [-0.05, 0) is 30.2 Å². The van der Waals surface area contributed by atoms with Gasteiger partial charge >= 0.3 is 6.18 Å². The SMILES string of the molecule is Nc1ccc(NC2CC2c2ccccc2)c(C(F)(F)F)c1. The maximum Gasteiger partial charge on any atom is 0.418 e. The van der Waals surface area contributed by atoms with E-state index >= 15 is 0 Å². The van der Waals surface area contributed by atoms with Gasteiger partial charge in [0.1, 0.15) is 0 Å². The summed E-state index contributed by atoms with van der Waals surface area (Å²) in [4.78, 5) is 0. The van der Waals surface area contributed by atoms with Crippen molar-refractivity contribution in [1.29, 1.82) is 0 Å². The van der Waals surface area contributed by atoms with E-state index < -0.39 is 11.7 Å². The highest BCUT2D eigenvalue weighted by atomic mass is 19.4. The van der Waals surface area contributed by atoms with Crippen molar-refractivity contribution in [2.45, 2.75) is 24.6 Å². The van der Waals surface area contributed by atoms with Crippen LogP contribution in [0.3, 0.4) is 0 Å². The zero-order valence-electron chi connectivity index (χ0n) is 11.2. The van der Waals surface area contributed by atoms with Crippen LogP contribution in [0, 0.1) is 0 Å². The predicted molar refractivity (Wildman–Crippen MR) is 77.1 cm³/mol. The fourth-order valence-electron chi connectivity index (χ4n) is 2.55. The molecule has 0 heterocycles. The summed E-state index contributed by atoms with van der Waals surface area (Å²) in [5.74, 6) is 0.268. The summed E-state index contributed by atoms with van der Waals surface area (Å²) in [7, 11) is 0. The second kappa shape index (κ2) is 4.98. The van der Waals surface area contributed by atoms with E-state index in [-0.39, 0.29) is 23.3 Å². The van der Waals surface area contributed by atoms with Crippen LogP contribution in [0.1, 0.15) is 23.5 Å². The average molecular weight is 292 g/mol. The van der Waals surface area contributed by atoms with Gasteiger partial charge in [-0.25, -0.2) is 0 Å². The van der Waals surface area contributed by atoms with Crippen LogP contribution in [0.5, 0.6) is 0 Å². The van der Waals surface area contributed by atoms with Crippen molar-refractivity contribution in [2.24, 2.45) is 0 Å². The highest BCUT2D eigenvalue weighted by molar-refractivity contribution is 5.60. The summed E-state index contributed by atoms with van der Waals surface area (Å²) in [6.07, 6.45) is -3.57. The molecule has 0 saturated heterocycles. The topological polar surface area (TPSA) is 38.0 Å². The van der Waals surface area contributed by atoms with Crippen LogP contribution in [-0.2, 0) is 6.18 Å². The number of benzene rings is 2. The van der Waals surface area contributed by atoms with Gasteiger partial charge in [0.15, 0.2) is 0 Å². The van der Waals surface area contributed by atoms with Gasteiger partial charge in [0, 0.05) is 23.3 Å². The van der Waals surface area contributed by atoms with Gasteiger partial charge in [-0.2, -0.15) is 13.2 Å². The Morgan fingerprint density at radius 2 is 1.76 bits per heavy atom. The lowest BCUT2D eigenvalue weighted by Gasteiger charge is -2.15. The fourth-order valence-corrected chi connectivity index (χ4v) is 2.55. The predicted octanol–water partition coefficient (Wildman–Crippen LogP) is 4.26. The van der Waals surface area contributed by atoms with E-state index in [2.05, 4.69) is 5.32 Å². The number of halogens is 3.